The van der Waals surface area contributed by atoms with Crippen LogP contribution in [0.3, 0.4) is 0 Å². The molecule has 1 radical (unpaired) electrons. The van der Waals surface area contributed by atoms with Gasteiger partial charge in [-0.2, -0.15) is 0 Å². The summed E-state index contributed by atoms with van der Waals surface area (Å²) < 4.78 is 0. The third-order valence-electron chi connectivity index (χ3n) is 5.13. The summed E-state index contributed by atoms with van der Waals surface area (Å²) in [6, 6.07) is 7.33. The molecule has 34 heavy (non-hydrogen) atoms. The number of aromatic hydroxyl groups is 4. The van der Waals surface area contributed by atoms with Gasteiger partial charge in [0.15, 0.2) is 28.8 Å². The standard InChI is InChI=1S/C24H29N2O7.Y/c1-14(11-12-19(28)16-6-3-8-20(29)22(16)31)25-13-5-10-18(27)15(2)26-24(33)17-7-4-9-21(30)23(17)32;/h3-4,6-9,11,14-15,25,29-32H,5,10,12-13H2,1-2H3,(H,26,33);/q-1;. The van der Waals surface area contributed by atoms with E-state index >= 15 is 0 Å². The molecule has 0 saturated carbocycles. The van der Waals surface area contributed by atoms with Crippen LogP contribution in [0.2, 0.25) is 0 Å². The normalized spacial score (nSPS) is 12.3. The van der Waals surface area contributed by atoms with Gasteiger partial charge >= 0.3 is 0 Å². The third-order valence-corrected chi connectivity index (χ3v) is 5.13. The molecule has 1 amide bonds. The Morgan fingerprint density at radius 3 is 2.09 bits per heavy atom. The zero-order chi connectivity index (χ0) is 24.5. The van der Waals surface area contributed by atoms with Crippen molar-refractivity contribution in [3.8, 4) is 23.0 Å². The second-order valence-corrected chi connectivity index (χ2v) is 7.72. The van der Waals surface area contributed by atoms with Gasteiger partial charge in [0.2, 0.25) is 0 Å². The summed E-state index contributed by atoms with van der Waals surface area (Å²) in [5.74, 6) is -2.91. The molecule has 6 N–H and O–H groups in total. The molecule has 181 valence electrons. The van der Waals surface area contributed by atoms with Crippen LogP contribution in [0.1, 0.15) is 53.8 Å². The predicted octanol–water partition coefficient (Wildman–Crippen LogP) is 2.43. The van der Waals surface area contributed by atoms with E-state index in [1.54, 1.807) is 13.3 Å². The van der Waals surface area contributed by atoms with Gasteiger partial charge in [0.1, 0.15) is 5.78 Å². The number of benzene rings is 2. The molecular formula is C24H29N2O7Y-. The molecule has 0 spiro atoms. The van der Waals surface area contributed by atoms with Crippen molar-refractivity contribution in [3.05, 3.63) is 53.9 Å². The Balaban J connectivity index is 0.00000578. The zero-order valence-corrected chi connectivity index (χ0v) is 22.0. The van der Waals surface area contributed by atoms with Gasteiger partial charge in [-0.1, -0.05) is 19.1 Å². The molecule has 0 aliphatic rings. The minimum atomic E-state index is -0.768. The molecule has 0 fully saturated rings. The quantitative estimate of drug-likeness (QED) is 0.103. The number of hydrogen-bond donors (Lipinski definition) is 6. The molecule has 0 aliphatic carbocycles. The summed E-state index contributed by atoms with van der Waals surface area (Å²) in [6.07, 6.45) is 2.52. The summed E-state index contributed by atoms with van der Waals surface area (Å²) in [4.78, 5) is 36.7. The van der Waals surface area contributed by atoms with Crippen molar-refractivity contribution in [3.63, 3.8) is 0 Å². The molecule has 10 heteroatoms. The molecule has 0 aliphatic heterocycles. The smallest absolute Gasteiger partial charge is 0.255 e. The first-order chi connectivity index (χ1) is 15.6. The fourth-order valence-corrected chi connectivity index (χ4v) is 3.11. The first kappa shape index (κ1) is 29.5. The topological polar surface area (TPSA) is 156 Å². The van der Waals surface area contributed by atoms with E-state index < -0.39 is 29.2 Å². The third kappa shape index (κ3) is 8.38. The minimum Gasteiger partial charge on any atom is -0.504 e. The van der Waals surface area contributed by atoms with Crippen molar-refractivity contribution in [1.29, 1.82) is 0 Å². The Bertz CT molecular complexity index is 1010. The van der Waals surface area contributed by atoms with Gasteiger partial charge in [-0.3, -0.25) is 14.4 Å². The number of carbonyl (C=O) groups excluding carboxylic acids is 3. The molecule has 0 saturated heterocycles. The van der Waals surface area contributed by atoms with E-state index in [0.717, 1.165) is 0 Å². The van der Waals surface area contributed by atoms with Gasteiger partial charge < -0.3 is 37.5 Å². The molecule has 2 atom stereocenters. The van der Waals surface area contributed by atoms with E-state index in [0.29, 0.717) is 13.0 Å². The number of carbonyl (C=O) groups is 3. The van der Waals surface area contributed by atoms with Crippen LogP contribution in [0.25, 0.3) is 0 Å². The van der Waals surface area contributed by atoms with E-state index in [1.807, 2.05) is 6.92 Å². The average Bonchev–Trinajstić information content (AvgIpc) is 2.78. The second-order valence-electron chi connectivity index (χ2n) is 7.72. The number of hydrogen-bond acceptors (Lipinski definition) is 8. The van der Waals surface area contributed by atoms with Gasteiger partial charge in [-0.25, -0.2) is 0 Å². The number of phenols is 4. The molecule has 2 rings (SSSR count). The van der Waals surface area contributed by atoms with Crippen LogP contribution in [-0.2, 0) is 37.5 Å². The molecule has 2 unspecified atom stereocenters. The summed E-state index contributed by atoms with van der Waals surface area (Å²) in [6.45, 7) is 3.90. The predicted molar refractivity (Wildman–Crippen MR) is 121 cm³/mol. The Hall–Kier alpha value is -2.49. The number of para-hydroxylation sites is 2. The fourth-order valence-electron chi connectivity index (χ4n) is 3.11. The van der Waals surface area contributed by atoms with Crippen molar-refractivity contribution < 1.29 is 67.5 Å². The van der Waals surface area contributed by atoms with Crippen LogP contribution < -0.4 is 10.6 Å². The van der Waals surface area contributed by atoms with Crippen molar-refractivity contribution in [2.75, 3.05) is 6.54 Å². The summed E-state index contributed by atoms with van der Waals surface area (Å²) in [7, 11) is 0. The minimum absolute atomic E-state index is 0. The summed E-state index contributed by atoms with van der Waals surface area (Å²) in [5, 5.41) is 44.2. The van der Waals surface area contributed by atoms with Crippen molar-refractivity contribution >= 4 is 17.5 Å². The molecule has 2 aromatic rings. The molecular weight excluding hydrogens is 517 g/mol. The Labute approximate surface area is 223 Å². The van der Waals surface area contributed by atoms with E-state index in [4.69, 9.17) is 0 Å². The largest absolute Gasteiger partial charge is 0.504 e. The van der Waals surface area contributed by atoms with E-state index in [1.165, 1.54) is 36.4 Å². The van der Waals surface area contributed by atoms with E-state index in [-0.39, 0.29) is 80.0 Å². The van der Waals surface area contributed by atoms with Crippen molar-refractivity contribution in [2.45, 2.75) is 45.2 Å². The maximum atomic E-state index is 12.3. The Morgan fingerprint density at radius 2 is 1.47 bits per heavy atom. The van der Waals surface area contributed by atoms with Crippen molar-refractivity contribution in [1.82, 2.24) is 10.6 Å². The second kappa shape index (κ2) is 14.0. The average molecular weight is 546 g/mol. The number of amides is 1. The first-order valence-corrected chi connectivity index (χ1v) is 10.6. The Morgan fingerprint density at radius 1 is 0.912 bits per heavy atom. The summed E-state index contributed by atoms with van der Waals surface area (Å²) >= 11 is 0. The SMILES string of the molecule is CC([CH-]CC(=O)c1cccc(O)c1O)NCCCC(=O)C(C)NC(=O)c1cccc(O)c1O.[Y]. The molecule has 2 aromatic carbocycles. The number of rotatable bonds is 12. The number of phenolic OH excluding ortho intramolecular Hbond substituents is 4. The molecule has 9 nitrogen and oxygen atoms in total. The van der Waals surface area contributed by atoms with Gasteiger partial charge in [0, 0.05) is 39.1 Å². The number of ketones is 2. The van der Waals surface area contributed by atoms with Crippen LogP contribution in [-0.4, -0.2) is 56.5 Å². The van der Waals surface area contributed by atoms with Gasteiger partial charge in [0.25, 0.3) is 5.91 Å². The summed E-state index contributed by atoms with van der Waals surface area (Å²) in [5.41, 5.74) is -0.0617. The van der Waals surface area contributed by atoms with E-state index in [9.17, 15) is 34.8 Å². The number of nitrogens with one attached hydrogen (secondary N) is 2. The van der Waals surface area contributed by atoms with Crippen LogP contribution >= 0.6 is 0 Å². The fraction of sp³-hybridized carbons (Fsp3) is 0.333. The Kier molecular flexibility index (Phi) is 12.2. The van der Waals surface area contributed by atoms with Crippen molar-refractivity contribution in [2.24, 2.45) is 0 Å². The van der Waals surface area contributed by atoms with E-state index in [2.05, 4.69) is 10.6 Å². The van der Waals surface area contributed by atoms with Crippen LogP contribution in [0.4, 0.5) is 0 Å². The monoisotopic (exact) mass is 546 g/mol. The maximum absolute atomic E-state index is 12.3. The molecule has 0 aromatic heterocycles. The number of Topliss-reactive ketones (excluding diaryl/α,β-unsaturated/α-hetero) is 2. The van der Waals surface area contributed by atoms with Gasteiger partial charge in [-0.15, -0.1) is 12.5 Å². The van der Waals surface area contributed by atoms with Crippen LogP contribution in [0.5, 0.6) is 23.0 Å². The van der Waals surface area contributed by atoms with Gasteiger partial charge in [0.05, 0.1) is 17.2 Å². The molecule has 0 heterocycles. The maximum Gasteiger partial charge on any atom is 0.255 e. The molecule has 0 bridgehead atoms. The van der Waals surface area contributed by atoms with Crippen LogP contribution in [0, 0.1) is 6.42 Å². The van der Waals surface area contributed by atoms with Crippen LogP contribution in [0.15, 0.2) is 36.4 Å². The van der Waals surface area contributed by atoms with Gasteiger partial charge in [-0.05, 0) is 44.2 Å². The zero-order valence-electron chi connectivity index (χ0n) is 19.1. The first-order valence-electron chi connectivity index (χ1n) is 10.6.